The molecule has 0 radical (unpaired) electrons. The standard InChI is InChI=1S/C9H19NO/c1-4-9(7-11-8-9)6-10(3)5-2/h4-8H2,1-3H3. The molecule has 1 aliphatic rings. The smallest absolute Gasteiger partial charge is 0.0557 e. The van der Waals surface area contributed by atoms with Crippen LogP contribution in [0.1, 0.15) is 20.3 Å². The van der Waals surface area contributed by atoms with E-state index < -0.39 is 0 Å². The molecule has 2 heteroatoms. The quantitative estimate of drug-likeness (QED) is 0.611. The molecule has 0 saturated carbocycles. The van der Waals surface area contributed by atoms with Crippen LogP contribution in [0.25, 0.3) is 0 Å². The Morgan fingerprint density at radius 1 is 1.36 bits per heavy atom. The zero-order valence-corrected chi connectivity index (χ0v) is 7.89. The van der Waals surface area contributed by atoms with Crippen molar-refractivity contribution < 1.29 is 4.74 Å². The van der Waals surface area contributed by atoms with Crippen molar-refractivity contribution in [1.29, 1.82) is 0 Å². The third-order valence-electron chi connectivity index (χ3n) is 2.71. The molecule has 11 heavy (non-hydrogen) atoms. The summed E-state index contributed by atoms with van der Waals surface area (Å²) in [6.45, 7) is 8.72. The van der Waals surface area contributed by atoms with E-state index in [2.05, 4.69) is 25.8 Å². The summed E-state index contributed by atoms with van der Waals surface area (Å²) in [5.74, 6) is 0. The topological polar surface area (TPSA) is 12.5 Å². The molecule has 0 bridgehead atoms. The summed E-state index contributed by atoms with van der Waals surface area (Å²) in [5, 5.41) is 0. The second kappa shape index (κ2) is 3.55. The van der Waals surface area contributed by atoms with Crippen LogP contribution in [-0.2, 0) is 4.74 Å². The Hall–Kier alpha value is -0.0800. The lowest BCUT2D eigenvalue weighted by Crippen LogP contribution is -2.49. The summed E-state index contributed by atoms with van der Waals surface area (Å²) >= 11 is 0. The molecule has 0 spiro atoms. The molecular weight excluding hydrogens is 138 g/mol. The molecule has 1 heterocycles. The first kappa shape index (κ1) is 9.01. The second-order valence-corrected chi connectivity index (χ2v) is 3.68. The molecule has 2 nitrogen and oxygen atoms in total. The summed E-state index contributed by atoms with van der Waals surface area (Å²) in [5.41, 5.74) is 0.491. The molecule has 1 rings (SSSR count). The molecule has 0 atom stereocenters. The molecule has 0 aliphatic carbocycles. The maximum Gasteiger partial charge on any atom is 0.0557 e. The van der Waals surface area contributed by atoms with Gasteiger partial charge in [0.25, 0.3) is 0 Å². The Morgan fingerprint density at radius 2 is 2.00 bits per heavy atom. The van der Waals surface area contributed by atoms with Crippen molar-refractivity contribution in [2.24, 2.45) is 5.41 Å². The molecule has 0 aromatic rings. The number of nitrogens with zero attached hydrogens (tertiary/aromatic N) is 1. The van der Waals surface area contributed by atoms with Gasteiger partial charge < -0.3 is 9.64 Å². The monoisotopic (exact) mass is 157 g/mol. The van der Waals surface area contributed by atoms with Gasteiger partial charge in [0, 0.05) is 12.0 Å². The van der Waals surface area contributed by atoms with Gasteiger partial charge in [0.05, 0.1) is 13.2 Å². The molecule has 66 valence electrons. The van der Waals surface area contributed by atoms with Gasteiger partial charge in [0.15, 0.2) is 0 Å². The van der Waals surface area contributed by atoms with Crippen molar-refractivity contribution in [1.82, 2.24) is 4.90 Å². The number of ether oxygens (including phenoxy) is 1. The Morgan fingerprint density at radius 3 is 2.27 bits per heavy atom. The zero-order chi connectivity index (χ0) is 8.32. The molecule has 0 amide bonds. The van der Waals surface area contributed by atoms with Crippen molar-refractivity contribution in [3.05, 3.63) is 0 Å². The largest absolute Gasteiger partial charge is 0.380 e. The van der Waals surface area contributed by atoms with Gasteiger partial charge in [-0.1, -0.05) is 13.8 Å². The van der Waals surface area contributed by atoms with E-state index in [-0.39, 0.29) is 0 Å². The summed E-state index contributed by atoms with van der Waals surface area (Å²) in [6.07, 6.45) is 1.25. The lowest BCUT2D eigenvalue weighted by Gasteiger charge is -2.43. The predicted octanol–water partition coefficient (Wildman–Crippen LogP) is 1.36. The highest BCUT2D eigenvalue weighted by Gasteiger charge is 2.37. The van der Waals surface area contributed by atoms with Crippen LogP contribution >= 0.6 is 0 Å². The Bertz CT molecular complexity index is 115. The first-order valence-electron chi connectivity index (χ1n) is 4.49. The van der Waals surface area contributed by atoms with Crippen LogP contribution in [0.3, 0.4) is 0 Å². The normalized spacial score (nSPS) is 21.8. The third kappa shape index (κ3) is 1.94. The van der Waals surface area contributed by atoms with E-state index in [0.717, 1.165) is 19.8 Å². The highest BCUT2D eigenvalue weighted by molar-refractivity contribution is 4.86. The van der Waals surface area contributed by atoms with Gasteiger partial charge in [0.1, 0.15) is 0 Å². The third-order valence-corrected chi connectivity index (χ3v) is 2.71. The lowest BCUT2D eigenvalue weighted by atomic mass is 9.83. The van der Waals surface area contributed by atoms with Gasteiger partial charge >= 0.3 is 0 Å². The van der Waals surface area contributed by atoms with Crippen LogP contribution in [0, 0.1) is 5.41 Å². The van der Waals surface area contributed by atoms with E-state index in [4.69, 9.17) is 4.74 Å². The van der Waals surface area contributed by atoms with Crippen LogP contribution < -0.4 is 0 Å². The van der Waals surface area contributed by atoms with Crippen molar-refractivity contribution >= 4 is 0 Å². The fourth-order valence-corrected chi connectivity index (χ4v) is 1.48. The molecule has 1 saturated heterocycles. The first-order valence-corrected chi connectivity index (χ1v) is 4.49. The minimum Gasteiger partial charge on any atom is -0.380 e. The highest BCUT2D eigenvalue weighted by Crippen LogP contribution is 2.31. The predicted molar refractivity (Wildman–Crippen MR) is 46.7 cm³/mol. The number of hydrogen-bond donors (Lipinski definition) is 0. The Labute approximate surface area is 69.5 Å². The van der Waals surface area contributed by atoms with E-state index in [0.29, 0.717) is 5.41 Å². The van der Waals surface area contributed by atoms with Crippen molar-refractivity contribution in [2.45, 2.75) is 20.3 Å². The van der Waals surface area contributed by atoms with Crippen LogP contribution in [0.2, 0.25) is 0 Å². The summed E-state index contributed by atoms with van der Waals surface area (Å²) in [4.78, 5) is 2.37. The van der Waals surface area contributed by atoms with Crippen LogP contribution in [0.4, 0.5) is 0 Å². The van der Waals surface area contributed by atoms with Gasteiger partial charge in [-0.15, -0.1) is 0 Å². The lowest BCUT2D eigenvalue weighted by molar-refractivity contribution is -0.125. The van der Waals surface area contributed by atoms with E-state index in [1.54, 1.807) is 0 Å². The minimum atomic E-state index is 0.491. The minimum absolute atomic E-state index is 0.491. The summed E-state index contributed by atoms with van der Waals surface area (Å²) in [6, 6.07) is 0. The maximum atomic E-state index is 5.25. The molecule has 0 N–H and O–H groups in total. The van der Waals surface area contributed by atoms with Gasteiger partial charge in [-0.05, 0) is 20.0 Å². The van der Waals surface area contributed by atoms with Crippen molar-refractivity contribution in [3.8, 4) is 0 Å². The molecular formula is C9H19NO. The molecule has 1 aliphatic heterocycles. The fourth-order valence-electron chi connectivity index (χ4n) is 1.48. The second-order valence-electron chi connectivity index (χ2n) is 3.68. The van der Waals surface area contributed by atoms with E-state index in [9.17, 15) is 0 Å². The van der Waals surface area contributed by atoms with E-state index >= 15 is 0 Å². The van der Waals surface area contributed by atoms with Crippen molar-refractivity contribution in [2.75, 3.05) is 33.4 Å². The summed E-state index contributed by atoms with van der Waals surface area (Å²) in [7, 11) is 2.18. The van der Waals surface area contributed by atoms with Gasteiger partial charge in [-0.25, -0.2) is 0 Å². The maximum absolute atomic E-state index is 5.25. The Kier molecular flexibility index (Phi) is 2.90. The van der Waals surface area contributed by atoms with Crippen LogP contribution in [-0.4, -0.2) is 38.3 Å². The van der Waals surface area contributed by atoms with Crippen LogP contribution in [0.5, 0.6) is 0 Å². The van der Waals surface area contributed by atoms with E-state index in [1.165, 1.54) is 13.0 Å². The molecule has 0 unspecified atom stereocenters. The molecule has 1 fully saturated rings. The van der Waals surface area contributed by atoms with E-state index in [1.807, 2.05) is 0 Å². The number of rotatable bonds is 4. The average molecular weight is 157 g/mol. The highest BCUT2D eigenvalue weighted by atomic mass is 16.5. The Balaban J connectivity index is 2.32. The van der Waals surface area contributed by atoms with Gasteiger partial charge in [-0.3, -0.25) is 0 Å². The SMILES string of the molecule is CCN(C)CC1(CC)COC1. The summed E-state index contributed by atoms with van der Waals surface area (Å²) < 4.78 is 5.25. The fraction of sp³-hybridized carbons (Fsp3) is 1.00. The average Bonchev–Trinajstić information content (AvgIpc) is 1.96. The van der Waals surface area contributed by atoms with Crippen LogP contribution in [0.15, 0.2) is 0 Å². The van der Waals surface area contributed by atoms with Gasteiger partial charge in [-0.2, -0.15) is 0 Å². The molecule has 0 aromatic carbocycles. The first-order chi connectivity index (χ1) is 5.22. The zero-order valence-electron chi connectivity index (χ0n) is 7.89. The van der Waals surface area contributed by atoms with Gasteiger partial charge in [0.2, 0.25) is 0 Å². The molecule has 0 aromatic heterocycles. The number of hydrogen-bond acceptors (Lipinski definition) is 2. The van der Waals surface area contributed by atoms with Crippen molar-refractivity contribution in [3.63, 3.8) is 0 Å².